The second-order valence-electron chi connectivity index (χ2n) is 9.45. The molecule has 40 heavy (non-hydrogen) atoms. The lowest BCUT2D eigenvalue weighted by Crippen LogP contribution is -2.42. The van der Waals surface area contributed by atoms with Gasteiger partial charge in [0.1, 0.15) is 36.1 Å². The van der Waals surface area contributed by atoms with Crippen LogP contribution in [0, 0.1) is 5.82 Å². The van der Waals surface area contributed by atoms with E-state index in [-0.39, 0.29) is 18.9 Å². The minimum Gasteiger partial charge on any atom is -0.491 e. The molecule has 0 bridgehead atoms. The monoisotopic (exact) mass is 565 g/mol. The molecule has 5 rings (SSSR count). The summed E-state index contributed by atoms with van der Waals surface area (Å²) in [5.74, 6) is 6.08. The first-order chi connectivity index (χ1) is 19.3. The summed E-state index contributed by atoms with van der Waals surface area (Å²) in [6.45, 7) is 0.568. The number of nitrogens with zero attached hydrogens (tertiary/aromatic N) is 2. The predicted molar refractivity (Wildman–Crippen MR) is 150 cm³/mol. The number of ether oxygens (including phenoxy) is 2. The number of aliphatic hydroxyl groups excluding tert-OH is 1. The molecule has 2 atom stereocenters. The van der Waals surface area contributed by atoms with E-state index in [9.17, 15) is 14.3 Å². The second-order valence-corrected chi connectivity index (χ2v) is 9.88. The number of H-pyrrole nitrogens is 1. The molecule has 1 aromatic heterocycles. The summed E-state index contributed by atoms with van der Waals surface area (Å²) in [5, 5.41) is 13.1. The van der Waals surface area contributed by atoms with Crippen LogP contribution in [0.3, 0.4) is 0 Å². The van der Waals surface area contributed by atoms with Gasteiger partial charge in [0.25, 0.3) is 0 Å². The summed E-state index contributed by atoms with van der Waals surface area (Å²) in [7, 11) is 0. The van der Waals surface area contributed by atoms with Crippen LogP contribution in [0.15, 0.2) is 79.1 Å². The van der Waals surface area contributed by atoms with Crippen LogP contribution in [0.2, 0.25) is 5.02 Å². The van der Waals surface area contributed by atoms with E-state index in [0.29, 0.717) is 23.7 Å². The molecule has 11 heteroatoms. The third-order valence-corrected chi connectivity index (χ3v) is 6.91. The van der Waals surface area contributed by atoms with Crippen LogP contribution in [-0.4, -0.2) is 51.9 Å². The van der Waals surface area contributed by atoms with E-state index in [2.05, 4.69) is 4.98 Å². The molecule has 6 N–H and O–H groups in total. The Kier molecular flexibility index (Phi) is 8.11. The fraction of sp³-hybridized carbons (Fsp3) is 0.207. The zero-order valence-corrected chi connectivity index (χ0v) is 22.2. The number of aromatic amines is 1. The lowest BCUT2D eigenvalue weighted by molar-refractivity contribution is 0.0819. The van der Waals surface area contributed by atoms with Gasteiger partial charge in [0.15, 0.2) is 0 Å². The number of nitrogens with one attached hydrogen (secondary N) is 1. The molecule has 1 aliphatic heterocycles. The Labute approximate surface area is 235 Å². The molecule has 0 aliphatic carbocycles. The quantitative estimate of drug-likeness (QED) is 0.183. The topological polar surface area (TPSA) is 130 Å². The van der Waals surface area contributed by atoms with Crippen LogP contribution in [0.4, 0.5) is 9.18 Å². The van der Waals surface area contributed by atoms with Crippen molar-refractivity contribution < 1.29 is 23.8 Å². The molecule has 0 radical (unpaired) electrons. The number of benzene rings is 3. The third-order valence-electron chi connectivity index (χ3n) is 6.68. The molecule has 0 fully saturated rings. The van der Waals surface area contributed by atoms with E-state index in [1.807, 2.05) is 30.3 Å². The van der Waals surface area contributed by atoms with Gasteiger partial charge in [-0.25, -0.2) is 15.0 Å². The summed E-state index contributed by atoms with van der Waals surface area (Å²) < 4.78 is 24.7. The molecule has 0 saturated carbocycles. The zero-order valence-electron chi connectivity index (χ0n) is 21.5. The van der Waals surface area contributed by atoms with Gasteiger partial charge in [0.05, 0.1) is 6.54 Å². The molecular weight excluding hydrogens is 537 g/mol. The third kappa shape index (κ3) is 5.99. The van der Waals surface area contributed by atoms with Crippen molar-refractivity contribution in [2.24, 2.45) is 11.6 Å². The normalized spacial score (nSPS) is 15.7. The summed E-state index contributed by atoms with van der Waals surface area (Å²) in [6, 6.07) is 17.8. The first-order valence-electron chi connectivity index (χ1n) is 12.7. The van der Waals surface area contributed by atoms with E-state index in [4.69, 9.17) is 32.7 Å². The number of amides is 1. The minimum absolute atomic E-state index is 0.0257. The first-order valence-corrected chi connectivity index (χ1v) is 13.0. The number of carbonyl (C=O) groups is 1. The van der Waals surface area contributed by atoms with Crippen molar-refractivity contribution in [1.29, 1.82) is 0 Å². The summed E-state index contributed by atoms with van der Waals surface area (Å²) in [4.78, 5) is 18.5. The lowest BCUT2D eigenvalue weighted by Gasteiger charge is -2.35. The highest BCUT2D eigenvalue weighted by molar-refractivity contribution is 6.31. The van der Waals surface area contributed by atoms with Gasteiger partial charge in [-0.15, -0.1) is 0 Å². The Hall–Kier alpha value is -4.25. The van der Waals surface area contributed by atoms with Crippen molar-refractivity contribution in [2.45, 2.75) is 18.6 Å². The van der Waals surface area contributed by atoms with Crippen LogP contribution in [0.5, 0.6) is 11.5 Å². The number of halogens is 2. The molecule has 208 valence electrons. The number of aliphatic hydroxyl groups is 1. The van der Waals surface area contributed by atoms with Gasteiger partial charge in [0.2, 0.25) is 0 Å². The fourth-order valence-corrected chi connectivity index (χ4v) is 5.04. The Bertz CT molecular complexity index is 1510. The smallest absolute Gasteiger partial charge is 0.416 e. The summed E-state index contributed by atoms with van der Waals surface area (Å²) >= 11 is 6.29. The predicted octanol–water partition coefficient (Wildman–Crippen LogP) is 4.45. The van der Waals surface area contributed by atoms with Crippen LogP contribution >= 0.6 is 11.6 Å². The Morgan fingerprint density at radius 2 is 1.90 bits per heavy atom. The number of hydrogen-bond donors (Lipinski definition) is 4. The number of hydrogen-bond acceptors (Lipinski definition) is 7. The molecule has 1 amide bonds. The zero-order chi connectivity index (χ0) is 28.2. The van der Waals surface area contributed by atoms with E-state index in [1.54, 1.807) is 17.0 Å². The number of carbonyl (C=O) groups excluding carboxylic acids is 1. The number of fused-ring (bicyclic) bond motifs is 3. The summed E-state index contributed by atoms with van der Waals surface area (Å²) in [5.41, 5.74) is 8.99. The Balaban J connectivity index is 1.41. The fourth-order valence-electron chi connectivity index (χ4n) is 4.87. The molecule has 2 unspecified atom stereocenters. The molecule has 4 aromatic rings. The van der Waals surface area contributed by atoms with Crippen molar-refractivity contribution in [3.8, 4) is 11.5 Å². The number of hydrazine groups is 1. The summed E-state index contributed by atoms with van der Waals surface area (Å²) in [6.07, 6.45) is 1.93. The van der Waals surface area contributed by atoms with Gasteiger partial charge >= 0.3 is 6.09 Å². The van der Waals surface area contributed by atoms with Gasteiger partial charge in [-0.2, -0.15) is 0 Å². The van der Waals surface area contributed by atoms with Crippen LogP contribution in [-0.2, 0) is 6.42 Å². The maximum Gasteiger partial charge on any atom is 0.416 e. The van der Waals surface area contributed by atoms with Gasteiger partial charge in [-0.1, -0.05) is 23.7 Å². The van der Waals surface area contributed by atoms with E-state index >= 15 is 0 Å². The largest absolute Gasteiger partial charge is 0.491 e. The van der Waals surface area contributed by atoms with E-state index in [0.717, 1.165) is 27.7 Å². The number of rotatable bonds is 8. The van der Waals surface area contributed by atoms with Crippen molar-refractivity contribution in [2.75, 3.05) is 19.7 Å². The average Bonchev–Trinajstić information content (AvgIpc) is 3.31. The van der Waals surface area contributed by atoms with E-state index < -0.39 is 24.1 Å². The highest BCUT2D eigenvalue weighted by Crippen LogP contribution is 2.40. The standard InChI is InChI=1S/C29H29ClFN5O4/c30-19-3-10-26-25(15-19)24-11-13-36(29(38)40-23-8-4-20(31)5-9-23)28(27(24)34-26)18-1-6-22(7-2-18)39-17-21(37)16-35(33)14-12-32/h1-10,12,14-15,21,28,34,37H,11,13,16-17,32-33H2/b14-12-. The average molecular weight is 566 g/mol. The van der Waals surface area contributed by atoms with Gasteiger partial charge < -0.3 is 30.3 Å². The molecule has 1 aliphatic rings. The van der Waals surface area contributed by atoms with Crippen LogP contribution in [0.25, 0.3) is 10.9 Å². The maximum absolute atomic E-state index is 13.4. The Morgan fingerprint density at radius 1 is 1.18 bits per heavy atom. The Morgan fingerprint density at radius 3 is 2.62 bits per heavy atom. The molecular formula is C29H29ClFN5O4. The number of aromatic nitrogens is 1. The highest BCUT2D eigenvalue weighted by atomic mass is 35.5. The van der Waals surface area contributed by atoms with Crippen molar-refractivity contribution in [3.63, 3.8) is 0 Å². The minimum atomic E-state index is -0.836. The van der Waals surface area contributed by atoms with E-state index in [1.165, 1.54) is 41.7 Å². The van der Waals surface area contributed by atoms with Crippen molar-refractivity contribution >= 4 is 28.6 Å². The highest BCUT2D eigenvalue weighted by Gasteiger charge is 2.35. The lowest BCUT2D eigenvalue weighted by atomic mass is 9.92. The molecule has 0 saturated heterocycles. The number of nitrogens with two attached hydrogens (primary N) is 2. The second kappa shape index (κ2) is 11.9. The molecule has 9 nitrogen and oxygen atoms in total. The van der Waals surface area contributed by atoms with Crippen molar-refractivity contribution in [1.82, 2.24) is 14.9 Å². The van der Waals surface area contributed by atoms with Crippen molar-refractivity contribution in [3.05, 3.63) is 107 Å². The van der Waals surface area contributed by atoms with Crippen LogP contribution < -0.4 is 21.1 Å². The molecule has 2 heterocycles. The molecule has 3 aromatic carbocycles. The maximum atomic E-state index is 13.4. The van der Waals surface area contributed by atoms with Crippen LogP contribution in [0.1, 0.15) is 22.9 Å². The van der Waals surface area contributed by atoms with Gasteiger partial charge in [-0.05, 0) is 72.1 Å². The van der Waals surface area contributed by atoms with Gasteiger partial charge in [0, 0.05) is 40.6 Å². The first kappa shape index (κ1) is 27.3. The molecule has 0 spiro atoms. The van der Waals surface area contributed by atoms with Gasteiger partial charge in [-0.3, -0.25) is 4.90 Å². The SMILES string of the molecule is N/C=C\N(N)CC(O)COc1ccc(C2c3[nH]c4ccc(Cl)cc4c3CCN2C(=O)Oc2ccc(F)cc2)cc1.